The van der Waals surface area contributed by atoms with Crippen molar-refractivity contribution in [3.05, 3.63) is 77.4 Å². The number of ketones is 1. The molecule has 0 amide bonds. The minimum Gasteiger partial charge on any atom is -0.506 e. The van der Waals surface area contributed by atoms with Crippen molar-refractivity contribution < 1.29 is 19.4 Å². The monoisotopic (exact) mass is 406 g/mol. The van der Waals surface area contributed by atoms with E-state index in [4.69, 9.17) is 4.74 Å². The smallest absolute Gasteiger partial charge is 0.346 e. The number of hydrogen-bond donors (Lipinski definition) is 1. The molecular formula is C26H30O4. The molecule has 4 heteroatoms. The summed E-state index contributed by atoms with van der Waals surface area (Å²) in [5, 5.41) is 10.9. The van der Waals surface area contributed by atoms with Gasteiger partial charge in [0.25, 0.3) is 0 Å². The Morgan fingerprint density at radius 3 is 2.07 bits per heavy atom. The number of aliphatic hydroxyl groups excluding tert-OH is 1. The summed E-state index contributed by atoms with van der Waals surface area (Å²) in [5.41, 5.74) is 0.434. The fourth-order valence-electron chi connectivity index (χ4n) is 4.22. The average molecular weight is 407 g/mol. The third kappa shape index (κ3) is 4.99. The van der Waals surface area contributed by atoms with Crippen molar-refractivity contribution in [3.63, 3.8) is 0 Å². The van der Waals surface area contributed by atoms with Crippen LogP contribution in [0.1, 0.15) is 56.0 Å². The molecule has 3 rings (SSSR count). The van der Waals surface area contributed by atoms with Crippen LogP contribution in [-0.2, 0) is 9.53 Å². The van der Waals surface area contributed by atoms with Crippen molar-refractivity contribution in [2.75, 3.05) is 0 Å². The second kappa shape index (κ2) is 9.75. The molecule has 0 saturated heterocycles. The summed E-state index contributed by atoms with van der Waals surface area (Å²) in [7, 11) is 0. The predicted molar refractivity (Wildman–Crippen MR) is 118 cm³/mol. The Balaban J connectivity index is 1.97. The van der Waals surface area contributed by atoms with E-state index in [2.05, 4.69) is 20.8 Å². The fraction of sp³-hybridized carbons (Fsp3) is 0.385. The van der Waals surface area contributed by atoms with Gasteiger partial charge >= 0.3 is 5.97 Å². The second-order valence-corrected chi connectivity index (χ2v) is 8.55. The summed E-state index contributed by atoms with van der Waals surface area (Å²) in [6.07, 6.45) is 2.61. The highest BCUT2D eigenvalue weighted by Gasteiger charge is 2.36. The van der Waals surface area contributed by atoms with E-state index in [9.17, 15) is 14.7 Å². The molecule has 30 heavy (non-hydrogen) atoms. The highest BCUT2D eigenvalue weighted by atomic mass is 16.5. The van der Waals surface area contributed by atoms with Gasteiger partial charge in [-0.15, -0.1) is 0 Å². The van der Waals surface area contributed by atoms with Crippen LogP contribution < -0.4 is 0 Å². The molecule has 0 radical (unpaired) electrons. The maximum absolute atomic E-state index is 13.3. The molecule has 4 nitrogen and oxygen atoms in total. The van der Waals surface area contributed by atoms with Gasteiger partial charge in [0.15, 0.2) is 0 Å². The van der Waals surface area contributed by atoms with E-state index in [1.54, 1.807) is 54.6 Å². The summed E-state index contributed by atoms with van der Waals surface area (Å²) in [6, 6.07) is 17.2. The number of hydrogen-bond acceptors (Lipinski definition) is 4. The molecule has 0 unspecified atom stereocenters. The molecular weight excluding hydrogens is 376 g/mol. The van der Waals surface area contributed by atoms with Crippen molar-refractivity contribution in [1.29, 1.82) is 0 Å². The molecule has 3 atom stereocenters. The summed E-state index contributed by atoms with van der Waals surface area (Å²) >= 11 is 0. The predicted octanol–water partition coefficient (Wildman–Crippen LogP) is 5.84. The summed E-state index contributed by atoms with van der Waals surface area (Å²) in [5.74, 6) is -0.564. The Bertz CT molecular complexity index is 899. The maximum Gasteiger partial charge on any atom is 0.346 e. The van der Waals surface area contributed by atoms with Crippen molar-refractivity contribution in [1.82, 2.24) is 0 Å². The van der Waals surface area contributed by atoms with Gasteiger partial charge in [0.2, 0.25) is 5.78 Å². The van der Waals surface area contributed by atoms with E-state index in [0.29, 0.717) is 23.0 Å². The summed E-state index contributed by atoms with van der Waals surface area (Å²) < 4.78 is 5.91. The van der Waals surface area contributed by atoms with E-state index in [1.165, 1.54) is 0 Å². The third-order valence-electron chi connectivity index (χ3n) is 5.97. The highest BCUT2D eigenvalue weighted by molar-refractivity contribution is 6.27. The molecule has 0 spiro atoms. The van der Waals surface area contributed by atoms with E-state index in [0.717, 1.165) is 19.3 Å². The molecule has 1 fully saturated rings. The minimum atomic E-state index is -0.755. The quantitative estimate of drug-likeness (QED) is 0.163. The number of aliphatic hydroxyl groups is 1. The van der Waals surface area contributed by atoms with Gasteiger partial charge < -0.3 is 9.84 Å². The lowest BCUT2D eigenvalue weighted by molar-refractivity contribution is -0.150. The van der Waals surface area contributed by atoms with Gasteiger partial charge in [0.05, 0.1) is 0 Å². The lowest BCUT2D eigenvalue weighted by Crippen LogP contribution is -2.37. The first kappa shape index (κ1) is 21.8. The number of carbonyl (C=O) groups is 2. The number of ether oxygens (including phenoxy) is 1. The van der Waals surface area contributed by atoms with Crippen LogP contribution in [0.25, 0.3) is 5.76 Å². The number of Topliss-reactive ketones (excluding diaryl/α,β-unsaturated/α-hetero) is 1. The highest BCUT2D eigenvalue weighted by Crippen LogP contribution is 2.36. The van der Waals surface area contributed by atoms with Gasteiger partial charge in [-0.1, -0.05) is 87.9 Å². The van der Waals surface area contributed by atoms with Crippen molar-refractivity contribution in [3.8, 4) is 0 Å². The van der Waals surface area contributed by atoms with Gasteiger partial charge in [-0.05, 0) is 30.6 Å². The molecule has 1 aliphatic rings. The van der Waals surface area contributed by atoms with Crippen LogP contribution in [0.15, 0.2) is 66.2 Å². The number of carbonyl (C=O) groups excluding carboxylic acids is 2. The van der Waals surface area contributed by atoms with E-state index < -0.39 is 11.8 Å². The van der Waals surface area contributed by atoms with Crippen LogP contribution >= 0.6 is 0 Å². The van der Waals surface area contributed by atoms with Gasteiger partial charge in [-0.2, -0.15) is 0 Å². The van der Waals surface area contributed by atoms with Crippen LogP contribution in [0.2, 0.25) is 0 Å². The molecule has 1 N–H and O–H groups in total. The Morgan fingerprint density at radius 2 is 1.50 bits per heavy atom. The lowest BCUT2D eigenvalue weighted by atomic mass is 9.75. The van der Waals surface area contributed by atoms with Gasteiger partial charge in [0, 0.05) is 11.1 Å². The standard InChI is InChI=1S/C26H30O4/c1-17(2)21-15-14-18(3)16-22(21)30-26(29)23(24(27)19-10-6-4-7-11-19)25(28)20-12-8-5-9-13-20/h4-13,17-18,21-22,27H,14-16H2,1-3H3/b24-23-/t18-,21-,22-/m1/s1. The fourth-order valence-corrected chi connectivity index (χ4v) is 4.22. The first-order valence-corrected chi connectivity index (χ1v) is 10.7. The van der Waals surface area contributed by atoms with Crippen molar-refractivity contribution in [2.45, 2.75) is 46.1 Å². The van der Waals surface area contributed by atoms with Crippen molar-refractivity contribution >= 4 is 17.5 Å². The molecule has 1 saturated carbocycles. The number of benzene rings is 2. The van der Waals surface area contributed by atoms with E-state index >= 15 is 0 Å². The zero-order valence-corrected chi connectivity index (χ0v) is 17.9. The normalized spacial score (nSPS) is 22.3. The van der Waals surface area contributed by atoms with Crippen LogP contribution in [0.3, 0.4) is 0 Å². The van der Waals surface area contributed by atoms with Crippen LogP contribution in [0.4, 0.5) is 0 Å². The first-order valence-electron chi connectivity index (χ1n) is 10.7. The lowest BCUT2D eigenvalue weighted by Gasteiger charge is -2.36. The Morgan fingerprint density at radius 1 is 0.933 bits per heavy atom. The molecule has 0 aromatic heterocycles. The number of rotatable bonds is 6. The summed E-state index contributed by atoms with van der Waals surface area (Å²) in [6.45, 7) is 6.42. The van der Waals surface area contributed by atoms with Gasteiger partial charge in [0.1, 0.15) is 17.4 Å². The topological polar surface area (TPSA) is 63.6 Å². The molecule has 0 heterocycles. The molecule has 2 aromatic carbocycles. The zero-order valence-electron chi connectivity index (χ0n) is 17.9. The van der Waals surface area contributed by atoms with E-state index in [1.807, 2.05) is 6.07 Å². The molecule has 0 bridgehead atoms. The van der Waals surface area contributed by atoms with Gasteiger partial charge in [-0.3, -0.25) is 4.79 Å². The molecule has 158 valence electrons. The van der Waals surface area contributed by atoms with Gasteiger partial charge in [-0.25, -0.2) is 4.79 Å². The second-order valence-electron chi connectivity index (χ2n) is 8.55. The minimum absolute atomic E-state index is 0.247. The summed E-state index contributed by atoms with van der Waals surface area (Å²) in [4.78, 5) is 26.5. The van der Waals surface area contributed by atoms with Crippen molar-refractivity contribution in [2.24, 2.45) is 17.8 Å². The largest absolute Gasteiger partial charge is 0.506 e. The van der Waals surface area contributed by atoms with Crippen LogP contribution in [0.5, 0.6) is 0 Å². The number of esters is 1. The molecule has 0 aliphatic heterocycles. The average Bonchev–Trinajstić information content (AvgIpc) is 2.74. The third-order valence-corrected chi connectivity index (χ3v) is 5.97. The zero-order chi connectivity index (χ0) is 21.7. The Labute approximate surface area is 178 Å². The SMILES string of the molecule is CC(C)[C@H]1CC[C@@H](C)C[C@H]1OC(=O)/C(C(=O)c1ccccc1)=C(\O)c1ccccc1. The molecule has 1 aliphatic carbocycles. The maximum atomic E-state index is 13.3. The van der Waals surface area contributed by atoms with Crippen LogP contribution in [0, 0.1) is 17.8 Å². The Kier molecular flexibility index (Phi) is 7.09. The van der Waals surface area contributed by atoms with Crippen LogP contribution in [-0.4, -0.2) is 23.0 Å². The van der Waals surface area contributed by atoms with E-state index in [-0.39, 0.29) is 23.4 Å². The first-order chi connectivity index (χ1) is 14.4. The molecule has 2 aromatic rings. The Hall–Kier alpha value is -2.88.